The van der Waals surface area contributed by atoms with Crippen molar-refractivity contribution in [2.24, 2.45) is 0 Å². The van der Waals surface area contributed by atoms with Crippen LogP contribution < -0.4 is 0 Å². The number of ether oxygens (including phenoxy) is 1. The molecule has 0 bridgehead atoms. The molecule has 110 valence electrons. The molecule has 0 atom stereocenters. The average molecular weight is 341 g/mol. The van der Waals surface area contributed by atoms with Gasteiger partial charge >= 0.3 is 5.97 Å². The molecule has 0 N–H and O–H groups in total. The Kier molecular flexibility index (Phi) is 6.52. The molecule has 8 heteroatoms. The number of nitrogens with zero attached hydrogens (tertiary/aromatic N) is 1. The predicted octanol–water partition coefficient (Wildman–Crippen LogP) is 4.44. The lowest BCUT2D eigenvalue weighted by atomic mass is 10.1. The number of unbranched alkanes of at least 4 members (excludes halogenated alkanes) is 1. The van der Waals surface area contributed by atoms with E-state index >= 15 is 0 Å². The van der Waals surface area contributed by atoms with Gasteiger partial charge in [-0.1, -0.05) is 48.1 Å². The minimum absolute atomic E-state index is 0.0318. The zero-order valence-corrected chi connectivity index (χ0v) is 12.9. The first-order valence-electron chi connectivity index (χ1n) is 5.84. The normalized spacial score (nSPS) is 10.4. The summed E-state index contributed by atoms with van der Waals surface area (Å²) in [4.78, 5) is 22.0. The number of carbonyl (C=O) groups excluding carboxylic acids is 1. The van der Waals surface area contributed by atoms with Crippen molar-refractivity contribution in [2.75, 3.05) is 6.61 Å². The maximum atomic E-state index is 11.6. The third-order valence-corrected chi connectivity index (χ3v) is 3.62. The second-order valence-electron chi connectivity index (χ2n) is 3.99. The SMILES string of the molecule is CCCCOC(=O)Cc1c(Cl)c(Cl)cc(Cl)c1[N+](=O)[O-]. The van der Waals surface area contributed by atoms with Crippen molar-refractivity contribution >= 4 is 46.5 Å². The van der Waals surface area contributed by atoms with Gasteiger partial charge in [0.25, 0.3) is 5.69 Å². The molecule has 0 aromatic heterocycles. The minimum atomic E-state index is -0.695. The van der Waals surface area contributed by atoms with E-state index in [9.17, 15) is 14.9 Å². The number of carbonyl (C=O) groups is 1. The van der Waals surface area contributed by atoms with Gasteiger partial charge in [0, 0.05) is 0 Å². The molecule has 0 unspecified atom stereocenters. The number of hydrogen-bond acceptors (Lipinski definition) is 4. The third-order valence-electron chi connectivity index (χ3n) is 2.50. The molecule has 0 saturated carbocycles. The zero-order chi connectivity index (χ0) is 15.3. The van der Waals surface area contributed by atoms with Gasteiger partial charge in [0.05, 0.1) is 33.6 Å². The molecule has 1 rings (SSSR count). The lowest BCUT2D eigenvalue weighted by Gasteiger charge is -2.09. The molecule has 0 amide bonds. The fraction of sp³-hybridized carbons (Fsp3) is 0.417. The highest BCUT2D eigenvalue weighted by molar-refractivity contribution is 6.44. The number of hydrogen-bond donors (Lipinski definition) is 0. The molecule has 0 aliphatic carbocycles. The standard InChI is InChI=1S/C12H12Cl3NO4/c1-2-3-4-20-10(17)5-7-11(15)8(13)6-9(14)12(7)16(18)19/h6H,2-5H2,1H3. The van der Waals surface area contributed by atoms with E-state index in [1.807, 2.05) is 6.92 Å². The number of halogens is 3. The van der Waals surface area contributed by atoms with E-state index < -0.39 is 16.6 Å². The van der Waals surface area contributed by atoms with Crippen LogP contribution in [0.4, 0.5) is 5.69 Å². The Morgan fingerprint density at radius 3 is 2.55 bits per heavy atom. The summed E-state index contributed by atoms with van der Waals surface area (Å²) in [6.07, 6.45) is 1.24. The Hall–Kier alpha value is -1.04. The lowest BCUT2D eigenvalue weighted by molar-refractivity contribution is -0.385. The Morgan fingerprint density at radius 1 is 1.35 bits per heavy atom. The van der Waals surface area contributed by atoms with Gasteiger partial charge in [0.1, 0.15) is 5.02 Å². The van der Waals surface area contributed by atoms with Gasteiger partial charge < -0.3 is 4.74 Å². The van der Waals surface area contributed by atoms with Gasteiger partial charge in [-0.05, 0) is 12.5 Å². The average Bonchev–Trinajstić information content (AvgIpc) is 2.35. The van der Waals surface area contributed by atoms with E-state index in [-0.39, 0.29) is 33.7 Å². The van der Waals surface area contributed by atoms with Crippen LogP contribution in [0.2, 0.25) is 15.1 Å². The smallest absolute Gasteiger partial charge is 0.310 e. The van der Waals surface area contributed by atoms with Crippen LogP contribution in [0.25, 0.3) is 0 Å². The van der Waals surface area contributed by atoms with Crippen molar-refractivity contribution < 1.29 is 14.5 Å². The van der Waals surface area contributed by atoms with Crippen molar-refractivity contribution in [1.29, 1.82) is 0 Å². The van der Waals surface area contributed by atoms with Crippen LogP contribution in [-0.2, 0) is 16.0 Å². The fourth-order valence-electron chi connectivity index (χ4n) is 1.52. The molecule has 0 radical (unpaired) electrons. The van der Waals surface area contributed by atoms with Gasteiger partial charge in [0.2, 0.25) is 0 Å². The Labute approximate surface area is 130 Å². The van der Waals surface area contributed by atoms with E-state index in [2.05, 4.69) is 0 Å². The molecule has 5 nitrogen and oxygen atoms in total. The molecular formula is C12H12Cl3NO4. The Balaban J connectivity index is 3.04. The van der Waals surface area contributed by atoms with E-state index in [0.717, 1.165) is 12.8 Å². The quantitative estimate of drug-likeness (QED) is 0.252. The summed E-state index contributed by atoms with van der Waals surface area (Å²) >= 11 is 17.5. The summed E-state index contributed by atoms with van der Waals surface area (Å²) in [6, 6.07) is 1.18. The maximum absolute atomic E-state index is 11.6. The summed E-state index contributed by atoms with van der Waals surface area (Å²) in [6.45, 7) is 2.21. The highest BCUT2D eigenvalue weighted by Crippen LogP contribution is 2.39. The van der Waals surface area contributed by atoms with E-state index in [1.54, 1.807) is 0 Å². The largest absolute Gasteiger partial charge is 0.465 e. The third kappa shape index (κ3) is 4.23. The Bertz CT molecular complexity index is 534. The molecule has 0 aliphatic rings. The molecule has 1 aromatic rings. The van der Waals surface area contributed by atoms with Gasteiger partial charge in [-0.15, -0.1) is 0 Å². The van der Waals surface area contributed by atoms with Crippen LogP contribution in [0.1, 0.15) is 25.3 Å². The summed E-state index contributed by atoms with van der Waals surface area (Å²) in [5.41, 5.74) is -0.454. The first-order valence-corrected chi connectivity index (χ1v) is 6.98. The van der Waals surface area contributed by atoms with E-state index in [4.69, 9.17) is 39.5 Å². The molecule has 0 spiro atoms. The molecular weight excluding hydrogens is 328 g/mol. The van der Waals surface area contributed by atoms with Crippen molar-refractivity contribution in [3.63, 3.8) is 0 Å². The van der Waals surface area contributed by atoms with E-state index in [0.29, 0.717) is 0 Å². The molecule has 1 aromatic carbocycles. The van der Waals surface area contributed by atoms with Crippen LogP contribution in [0.3, 0.4) is 0 Å². The summed E-state index contributed by atoms with van der Waals surface area (Å²) in [7, 11) is 0. The van der Waals surface area contributed by atoms with Crippen LogP contribution in [-0.4, -0.2) is 17.5 Å². The number of rotatable bonds is 6. The molecule has 0 aliphatic heterocycles. The van der Waals surface area contributed by atoms with Gasteiger partial charge in [-0.25, -0.2) is 0 Å². The minimum Gasteiger partial charge on any atom is -0.465 e. The molecule has 0 saturated heterocycles. The zero-order valence-electron chi connectivity index (χ0n) is 10.6. The highest BCUT2D eigenvalue weighted by atomic mass is 35.5. The van der Waals surface area contributed by atoms with Crippen LogP contribution in [0.5, 0.6) is 0 Å². The highest BCUT2D eigenvalue weighted by Gasteiger charge is 2.26. The first-order chi connectivity index (χ1) is 9.38. The summed E-state index contributed by atoms with van der Waals surface area (Å²) in [5, 5.41) is 10.8. The topological polar surface area (TPSA) is 69.4 Å². The van der Waals surface area contributed by atoms with Crippen molar-refractivity contribution in [2.45, 2.75) is 26.2 Å². The molecule has 20 heavy (non-hydrogen) atoms. The second kappa shape index (κ2) is 7.67. The Morgan fingerprint density at radius 2 is 2.00 bits per heavy atom. The van der Waals surface area contributed by atoms with Crippen molar-refractivity contribution in [3.8, 4) is 0 Å². The van der Waals surface area contributed by atoms with Crippen molar-refractivity contribution in [3.05, 3.63) is 36.8 Å². The van der Waals surface area contributed by atoms with Crippen LogP contribution in [0, 0.1) is 10.1 Å². The number of nitro benzene ring substituents is 1. The van der Waals surface area contributed by atoms with Gasteiger partial charge in [-0.3, -0.25) is 14.9 Å². The summed E-state index contributed by atoms with van der Waals surface area (Å²) in [5.74, 6) is -0.609. The first kappa shape index (κ1) is 17.0. The van der Waals surface area contributed by atoms with Gasteiger partial charge in [0.15, 0.2) is 0 Å². The van der Waals surface area contributed by atoms with Crippen molar-refractivity contribution in [1.82, 2.24) is 0 Å². The molecule has 0 heterocycles. The predicted molar refractivity (Wildman–Crippen MR) is 77.7 cm³/mol. The maximum Gasteiger partial charge on any atom is 0.310 e. The molecule has 0 fully saturated rings. The second-order valence-corrected chi connectivity index (χ2v) is 5.18. The van der Waals surface area contributed by atoms with Crippen LogP contribution >= 0.6 is 34.8 Å². The number of benzene rings is 1. The van der Waals surface area contributed by atoms with E-state index in [1.165, 1.54) is 6.07 Å². The number of esters is 1. The monoisotopic (exact) mass is 339 g/mol. The summed E-state index contributed by atoms with van der Waals surface area (Å²) < 4.78 is 4.95. The van der Waals surface area contributed by atoms with Crippen LogP contribution in [0.15, 0.2) is 6.07 Å². The lowest BCUT2D eigenvalue weighted by Crippen LogP contribution is -2.11. The van der Waals surface area contributed by atoms with Gasteiger partial charge in [-0.2, -0.15) is 0 Å². The fourth-order valence-corrected chi connectivity index (χ4v) is 2.30. The number of nitro groups is 1.